The lowest BCUT2D eigenvalue weighted by Crippen LogP contribution is -2.29. The maximum atomic E-state index is 12.1. The van der Waals surface area contributed by atoms with Crippen molar-refractivity contribution in [1.29, 1.82) is 0 Å². The number of amides is 1. The molecule has 1 aromatic carbocycles. The molecule has 0 fully saturated rings. The van der Waals surface area contributed by atoms with Crippen LogP contribution in [-0.2, 0) is 14.3 Å². The van der Waals surface area contributed by atoms with Crippen LogP contribution < -0.4 is 14.8 Å². The zero-order chi connectivity index (χ0) is 16.9. The van der Waals surface area contributed by atoms with Crippen molar-refractivity contribution in [2.75, 3.05) is 12.1 Å². The van der Waals surface area contributed by atoms with Crippen LogP contribution in [0, 0.1) is 0 Å². The third-order valence-electron chi connectivity index (χ3n) is 3.23. The number of benzene rings is 1. The van der Waals surface area contributed by atoms with E-state index in [1.54, 1.807) is 24.3 Å². The van der Waals surface area contributed by atoms with Crippen molar-refractivity contribution in [3.8, 4) is 11.5 Å². The van der Waals surface area contributed by atoms with Crippen LogP contribution in [0.15, 0.2) is 41.8 Å². The Hall–Kier alpha value is -2.80. The highest BCUT2D eigenvalue weighted by atomic mass is 32.1. The SMILES string of the molecule is C[C@H](OC(=O)/C=C/c1cccs1)C(=O)Nc1ccc2c(c1)OCO2. The second-order valence-corrected chi connectivity index (χ2v) is 5.96. The van der Waals surface area contributed by atoms with Gasteiger partial charge in [-0.25, -0.2) is 4.79 Å². The summed E-state index contributed by atoms with van der Waals surface area (Å²) in [5.74, 6) is 0.200. The number of nitrogens with one attached hydrogen (secondary N) is 1. The van der Waals surface area contributed by atoms with Gasteiger partial charge in [0, 0.05) is 22.7 Å². The maximum absolute atomic E-state index is 12.1. The zero-order valence-corrected chi connectivity index (χ0v) is 13.7. The van der Waals surface area contributed by atoms with Gasteiger partial charge < -0.3 is 19.5 Å². The number of hydrogen-bond donors (Lipinski definition) is 1. The Morgan fingerprint density at radius 1 is 1.29 bits per heavy atom. The van der Waals surface area contributed by atoms with Gasteiger partial charge in [-0.1, -0.05) is 6.07 Å². The van der Waals surface area contributed by atoms with Crippen LogP contribution in [0.25, 0.3) is 6.08 Å². The minimum atomic E-state index is -0.920. The lowest BCUT2D eigenvalue weighted by molar-refractivity contribution is -0.148. The van der Waals surface area contributed by atoms with Crippen LogP contribution in [0.2, 0.25) is 0 Å². The normalized spacial score (nSPS) is 13.7. The molecule has 0 unspecified atom stereocenters. The fourth-order valence-electron chi connectivity index (χ4n) is 2.02. The summed E-state index contributed by atoms with van der Waals surface area (Å²) >= 11 is 1.51. The summed E-state index contributed by atoms with van der Waals surface area (Å²) in [6.45, 7) is 1.68. The summed E-state index contributed by atoms with van der Waals surface area (Å²) in [4.78, 5) is 24.8. The van der Waals surface area contributed by atoms with Gasteiger partial charge in [-0.2, -0.15) is 0 Å². The molecule has 1 amide bonds. The number of fused-ring (bicyclic) bond motifs is 1. The van der Waals surface area contributed by atoms with Crippen LogP contribution in [0.4, 0.5) is 5.69 Å². The summed E-state index contributed by atoms with van der Waals surface area (Å²) in [5.41, 5.74) is 0.543. The van der Waals surface area contributed by atoms with Gasteiger partial charge in [-0.3, -0.25) is 4.79 Å². The second-order valence-electron chi connectivity index (χ2n) is 4.99. The van der Waals surface area contributed by atoms with Gasteiger partial charge >= 0.3 is 5.97 Å². The van der Waals surface area contributed by atoms with Crippen molar-refractivity contribution < 1.29 is 23.8 Å². The van der Waals surface area contributed by atoms with E-state index in [-0.39, 0.29) is 6.79 Å². The first-order valence-electron chi connectivity index (χ1n) is 7.24. The summed E-state index contributed by atoms with van der Waals surface area (Å²) in [6.07, 6.45) is 2.03. The van der Waals surface area contributed by atoms with Crippen molar-refractivity contribution in [1.82, 2.24) is 0 Å². The van der Waals surface area contributed by atoms with Gasteiger partial charge in [0.05, 0.1) is 0 Å². The molecule has 124 valence electrons. The van der Waals surface area contributed by atoms with E-state index in [0.717, 1.165) is 4.88 Å². The van der Waals surface area contributed by atoms with Crippen molar-refractivity contribution in [2.45, 2.75) is 13.0 Å². The molecule has 1 N–H and O–H groups in total. The average molecular weight is 345 g/mol. The van der Waals surface area contributed by atoms with Crippen LogP contribution in [0.5, 0.6) is 11.5 Å². The monoisotopic (exact) mass is 345 g/mol. The summed E-state index contributed by atoms with van der Waals surface area (Å²) in [5, 5.41) is 4.58. The van der Waals surface area contributed by atoms with E-state index in [2.05, 4.69) is 5.32 Å². The van der Waals surface area contributed by atoms with E-state index in [1.165, 1.54) is 24.3 Å². The molecule has 1 aliphatic heterocycles. The molecule has 0 bridgehead atoms. The highest BCUT2D eigenvalue weighted by molar-refractivity contribution is 7.10. The molecule has 0 saturated heterocycles. The van der Waals surface area contributed by atoms with E-state index >= 15 is 0 Å². The molecule has 0 saturated carbocycles. The van der Waals surface area contributed by atoms with Gasteiger partial charge in [0.2, 0.25) is 6.79 Å². The molecule has 1 aliphatic rings. The molecule has 2 heterocycles. The number of carbonyl (C=O) groups excluding carboxylic acids is 2. The standard InChI is InChI=1S/C17H15NO5S/c1-11(23-16(19)7-5-13-3-2-8-24-13)17(20)18-12-4-6-14-15(9-12)22-10-21-14/h2-9,11H,10H2,1H3,(H,18,20)/b7-5+/t11-/m0/s1. The molecule has 1 atom stereocenters. The number of esters is 1. The van der Waals surface area contributed by atoms with Crippen molar-refractivity contribution in [3.05, 3.63) is 46.7 Å². The zero-order valence-electron chi connectivity index (χ0n) is 12.9. The molecule has 6 nitrogen and oxygen atoms in total. The molecular formula is C17H15NO5S. The lowest BCUT2D eigenvalue weighted by Gasteiger charge is -2.12. The largest absolute Gasteiger partial charge is 0.454 e. The summed E-state index contributed by atoms with van der Waals surface area (Å²) in [7, 11) is 0. The van der Waals surface area contributed by atoms with Crippen LogP contribution in [0.1, 0.15) is 11.8 Å². The molecule has 7 heteroatoms. The van der Waals surface area contributed by atoms with E-state index < -0.39 is 18.0 Å². The molecule has 0 spiro atoms. The molecule has 24 heavy (non-hydrogen) atoms. The highest BCUT2D eigenvalue weighted by Gasteiger charge is 2.19. The number of carbonyl (C=O) groups is 2. The number of anilines is 1. The van der Waals surface area contributed by atoms with Crippen molar-refractivity contribution in [3.63, 3.8) is 0 Å². The number of thiophene rings is 1. The minimum Gasteiger partial charge on any atom is -0.454 e. The van der Waals surface area contributed by atoms with Gasteiger partial charge in [-0.15, -0.1) is 11.3 Å². The van der Waals surface area contributed by atoms with Gasteiger partial charge in [0.15, 0.2) is 17.6 Å². The maximum Gasteiger partial charge on any atom is 0.331 e. The van der Waals surface area contributed by atoms with E-state index in [1.807, 2.05) is 17.5 Å². The molecule has 1 aromatic heterocycles. The quantitative estimate of drug-likeness (QED) is 0.666. The first-order chi connectivity index (χ1) is 11.6. The fourth-order valence-corrected chi connectivity index (χ4v) is 2.64. The molecule has 0 aliphatic carbocycles. The molecule has 3 rings (SSSR count). The fraction of sp³-hybridized carbons (Fsp3) is 0.176. The summed E-state index contributed by atoms with van der Waals surface area (Å²) in [6, 6.07) is 8.82. The second kappa shape index (κ2) is 7.18. The minimum absolute atomic E-state index is 0.164. The van der Waals surface area contributed by atoms with Crippen molar-refractivity contribution in [2.24, 2.45) is 0 Å². The van der Waals surface area contributed by atoms with Gasteiger partial charge in [0.1, 0.15) is 0 Å². The average Bonchev–Trinajstić information content (AvgIpc) is 3.23. The Balaban J connectivity index is 1.53. The Bertz CT molecular complexity index is 769. The number of hydrogen-bond acceptors (Lipinski definition) is 6. The molecule has 2 aromatic rings. The van der Waals surface area contributed by atoms with Gasteiger partial charge in [-0.05, 0) is 36.6 Å². The first-order valence-corrected chi connectivity index (χ1v) is 8.12. The first kappa shape index (κ1) is 16.1. The lowest BCUT2D eigenvalue weighted by atomic mass is 10.2. The Morgan fingerprint density at radius 2 is 2.12 bits per heavy atom. The third-order valence-corrected chi connectivity index (χ3v) is 4.07. The summed E-state index contributed by atoms with van der Waals surface area (Å²) < 4.78 is 15.5. The van der Waals surface area contributed by atoms with E-state index in [4.69, 9.17) is 14.2 Å². The Labute approximate surface area is 142 Å². The van der Waals surface area contributed by atoms with Crippen LogP contribution in [0.3, 0.4) is 0 Å². The van der Waals surface area contributed by atoms with Crippen LogP contribution in [-0.4, -0.2) is 24.8 Å². The van der Waals surface area contributed by atoms with Crippen LogP contribution >= 0.6 is 11.3 Å². The van der Waals surface area contributed by atoms with Crippen molar-refractivity contribution >= 4 is 35.0 Å². The Kier molecular flexibility index (Phi) is 4.81. The third kappa shape index (κ3) is 3.94. The number of rotatable bonds is 5. The van der Waals surface area contributed by atoms with E-state index in [0.29, 0.717) is 17.2 Å². The predicted molar refractivity (Wildman–Crippen MR) is 90.1 cm³/mol. The molecular weight excluding hydrogens is 330 g/mol. The highest BCUT2D eigenvalue weighted by Crippen LogP contribution is 2.34. The van der Waals surface area contributed by atoms with E-state index in [9.17, 15) is 9.59 Å². The number of ether oxygens (including phenoxy) is 3. The topological polar surface area (TPSA) is 73.9 Å². The molecule has 0 radical (unpaired) electrons. The predicted octanol–water partition coefficient (Wildman–Crippen LogP) is 3.06. The smallest absolute Gasteiger partial charge is 0.331 e. The van der Waals surface area contributed by atoms with Gasteiger partial charge in [0.25, 0.3) is 5.91 Å². The Morgan fingerprint density at radius 3 is 2.92 bits per heavy atom.